The maximum atomic E-state index is 5.69. The molecule has 0 bridgehead atoms. The van der Waals surface area contributed by atoms with Gasteiger partial charge in [0.2, 0.25) is 11.6 Å². The van der Waals surface area contributed by atoms with Crippen LogP contribution < -0.4 is 23.8 Å². The number of anilines is 2. The van der Waals surface area contributed by atoms with Crippen molar-refractivity contribution in [2.75, 3.05) is 33.3 Å². The van der Waals surface area contributed by atoms with Crippen molar-refractivity contribution in [3.05, 3.63) is 24.3 Å². The average Bonchev–Trinajstić information content (AvgIpc) is 3.65. The Labute approximate surface area is 200 Å². The van der Waals surface area contributed by atoms with Crippen molar-refractivity contribution < 1.29 is 18.9 Å². The molecule has 2 heterocycles. The van der Waals surface area contributed by atoms with E-state index >= 15 is 0 Å². The highest BCUT2D eigenvalue weighted by molar-refractivity contribution is 5.91. The summed E-state index contributed by atoms with van der Waals surface area (Å²) in [5.74, 6) is 3.41. The minimum absolute atomic E-state index is 0.333. The van der Waals surface area contributed by atoms with E-state index in [4.69, 9.17) is 29.0 Å². The molecule has 0 saturated heterocycles. The van der Waals surface area contributed by atoms with Crippen LogP contribution in [0.15, 0.2) is 24.3 Å². The molecule has 0 N–H and O–H groups in total. The molecule has 0 spiro atoms. The molecule has 2 aliphatic carbocycles. The number of ether oxygens (including phenoxy) is 4. The Morgan fingerprint density at radius 3 is 2.06 bits per heavy atom. The van der Waals surface area contributed by atoms with Crippen LogP contribution in [0.3, 0.4) is 0 Å². The Morgan fingerprint density at radius 2 is 1.47 bits per heavy atom. The summed E-state index contributed by atoms with van der Waals surface area (Å²) in [5.41, 5.74) is 1.87. The molecule has 0 atom stereocenters. The summed E-state index contributed by atoms with van der Waals surface area (Å²) >= 11 is 0. The Hall–Kier alpha value is -3.16. The van der Waals surface area contributed by atoms with Crippen LogP contribution in [0.1, 0.15) is 57.4 Å². The molecular formula is C26H34N4O4. The molecule has 2 aliphatic rings. The molecule has 0 unspecified atom stereocenters. The Bertz CT molecular complexity index is 1120. The first-order chi connectivity index (χ1) is 16.7. The van der Waals surface area contributed by atoms with E-state index in [0.29, 0.717) is 35.2 Å². The van der Waals surface area contributed by atoms with Crippen molar-refractivity contribution in [3.63, 3.8) is 0 Å². The maximum absolute atomic E-state index is 5.69. The van der Waals surface area contributed by atoms with Gasteiger partial charge in [0.1, 0.15) is 0 Å². The van der Waals surface area contributed by atoms with Crippen molar-refractivity contribution in [3.8, 4) is 23.1 Å². The third kappa shape index (κ3) is 3.89. The normalized spacial score (nSPS) is 16.8. The highest BCUT2D eigenvalue weighted by atomic mass is 16.5. The SMILES string of the molecule is COc1ccc2c(N(c3cc(OC)c(OC)c(OC)c3)C3CCCC3)nn(C3CCCC3)c2n1. The van der Waals surface area contributed by atoms with Gasteiger partial charge in [0.25, 0.3) is 0 Å². The van der Waals surface area contributed by atoms with Gasteiger partial charge in [0.05, 0.1) is 45.6 Å². The summed E-state index contributed by atoms with van der Waals surface area (Å²) in [5, 5.41) is 6.27. The van der Waals surface area contributed by atoms with Gasteiger partial charge in [-0.2, -0.15) is 10.1 Å². The highest BCUT2D eigenvalue weighted by Crippen LogP contribution is 2.46. The summed E-state index contributed by atoms with van der Waals surface area (Å²) in [6, 6.07) is 8.76. The van der Waals surface area contributed by atoms with Gasteiger partial charge < -0.3 is 23.8 Å². The smallest absolute Gasteiger partial charge is 0.214 e. The van der Waals surface area contributed by atoms with Crippen LogP contribution in [0, 0.1) is 0 Å². The minimum Gasteiger partial charge on any atom is -0.493 e. The lowest BCUT2D eigenvalue weighted by molar-refractivity contribution is 0.324. The molecule has 0 aliphatic heterocycles. The minimum atomic E-state index is 0.333. The van der Waals surface area contributed by atoms with Gasteiger partial charge in [-0.1, -0.05) is 25.7 Å². The standard InChI is InChI=1S/C26H34N4O4/c1-31-21-15-19(16-22(32-2)24(21)34-4)29(17-9-5-6-10-17)26-20-13-14-23(33-3)27-25(20)30(28-26)18-11-7-8-12-18/h13-18H,5-12H2,1-4H3. The molecule has 1 aromatic carbocycles. The second-order valence-corrected chi connectivity index (χ2v) is 9.12. The van der Waals surface area contributed by atoms with E-state index in [-0.39, 0.29) is 0 Å². The number of pyridine rings is 1. The average molecular weight is 467 g/mol. The van der Waals surface area contributed by atoms with Gasteiger partial charge in [0.15, 0.2) is 23.0 Å². The summed E-state index contributed by atoms with van der Waals surface area (Å²) in [4.78, 5) is 7.20. The molecular weight excluding hydrogens is 432 g/mol. The Kier molecular flexibility index (Phi) is 6.39. The quantitative estimate of drug-likeness (QED) is 0.424. The highest BCUT2D eigenvalue weighted by Gasteiger charge is 2.32. The van der Waals surface area contributed by atoms with Gasteiger partial charge in [0, 0.05) is 24.2 Å². The number of rotatable bonds is 8. The second-order valence-electron chi connectivity index (χ2n) is 9.12. The summed E-state index contributed by atoms with van der Waals surface area (Å²) in [6.45, 7) is 0. The number of fused-ring (bicyclic) bond motifs is 1. The number of benzene rings is 1. The van der Waals surface area contributed by atoms with Crippen LogP contribution >= 0.6 is 0 Å². The van der Waals surface area contributed by atoms with Crippen molar-refractivity contribution in [1.82, 2.24) is 14.8 Å². The molecule has 5 rings (SSSR count). The van der Waals surface area contributed by atoms with Gasteiger partial charge in [-0.15, -0.1) is 0 Å². The third-order valence-corrected chi connectivity index (χ3v) is 7.24. The van der Waals surface area contributed by atoms with E-state index in [1.807, 2.05) is 18.2 Å². The lowest BCUT2D eigenvalue weighted by Gasteiger charge is -2.30. The van der Waals surface area contributed by atoms with Crippen molar-refractivity contribution >= 4 is 22.5 Å². The predicted octanol–water partition coefficient (Wildman–Crippen LogP) is 5.66. The Morgan fingerprint density at radius 1 is 0.824 bits per heavy atom. The predicted molar refractivity (Wildman–Crippen MR) is 132 cm³/mol. The molecule has 34 heavy (non-hydrogen) atoms. The van der Waals surface area contributed by atoms with E-state index in [9.17, 15) is 0 Å². The first-order valence-corrected chi connectivity index (χ1v) is 12.2. The number of methoxy groups -OCH3 is 4. The first-order valence-electron chi connectivity index (χ1n) is 12.2. The topological polar surface area (TPSA) is 70.9 Å². The van der Waals surface area contributed by atoms with Crippen LogP contribution in [0.5, 0.6) is 23.1 Å². The number of aromatic nitrogens is 3. The monoisotopic (exact) mass is 466 g/mol. The molecule has 2 fully saturated rings. The molecule has 0 radical (unpaired) electrons. The molecule has 182 valence electrons. The Balaban J connectivity index is 1.72. The molecule has 2 aromatic heterocycles. The van der Waals surface area contributed by atoms with Crippen LogP contribution in [0.2, 0.25) is 0 Å². The lowest BCUT2D eigenvalue weighted by Crippen LogP contribution is -2.29. The van der Waals surface area contributed by atoms with Crippen LogP contribution in [-0.4, -0.2) is 49.2 Å². The van der Waals surface area contributed by atoms with Crippen LogP contribution in [0.25, 0.3) is 11.0 Å². The molecule has 3 aromatic rings. The molecule has 2 saturated carbocycles. The summed E-state index contributed by atoms with van der Waals surface area (Å²) in [7, 11) is 6.60. The van der Waals surface area contributed by atoms with E-state index in [2.05, 4.69) is 15.6 Å². The lowest BCUT2D eigenvalue weighted by atomic mass is 10.1. The summed E-state index contributed by atoms with van der Waals surface area (Å²) < 4.78 is 24.6. The third-order valence-electron chi connectivity index (χ3n) is 7.24. The fourth-order valence-corrected chi connectivity index (χ4v) is 5.55. The van der Waals surface area contributed by atoms with Crippen LogP contribution in [0.4, 0.5) is 11.5 Å². The van der Waals surface area contributed by atoms with E-state index in [0.717, 1.165) is 48.2 Å². The number of hydrogen-bond donors (Lipinski definition) is 0. The molecule has 8 heteroatoms. The summed E-state index contributed by atoms with van der Waals surface area (Å²) in [6.07, 6.45) is 9.34. The maximum Gasteiger partial charge on any atom is 0.214 e. The van der Waals surface area contributed by atoms with Gasteiger partial charge in [-0.3, -0.25) is 0 Å². The first kappa shape index (κ1) is 22.6. The zero-order valence-corrected chi connectivity index (χ0v) is 20.5. The fourth-order valence-electron chi connectivity index (χ4n) is 5.55. The van der Waals surface area contributed by atoms with Crippen molar-refractivity contribution in [2.24, 2.45) is 0 Å². The van der Waals surface area contributed by atoms with Crippen molar-refractivity contribution in [2.45, 2.75) is 63.5 Å². The number of hydrogen-bond acceptors (Lipinski definition) is 7. The fraction of sp³-hybridized carbons (Fsp3) is 0.538. The largest absolute Gasteiger partial charge is 0.493 e. The number of nitrogens with zero attached hydrogens (tertiary/aromatic N) is 4. The molecule has 0 amide bonds. The van der Waals surface area contributed by atoms with E-state index in [1.165, 1.54) is 25.7 Å². The van der Waals surface area contributed by atoms with E-state index < -0.39 is 0 Å². The van der Waals surface area contributed by atoms with Gasteiger partial charge >= 0.3 is 0 Å². The van der Waals surface area contributed by atoms with Crippen molar-refractivity contribution in [1.29, 1.82) is 0 Å². The van der Waals surface area contributed by atoms with Crippen LogP contribution in [-0.2, 0) is 0 Å². The van der Waals surface area contributed by atoms with Gasteiger partial charge in [-0.05, 0) is 31.7 Å². The second kappa shape index (κ2) is 9.60. The zero-order chi connectivity index (χ0) is 23.7. The zero-order valence-electron chi connectivity index (χ0n) is 20.5. The van der Waals surface area contributed by atoms with Gasteiger partial charge in [-0.25, -0.2) is 4.68 Å². The van der Waals surface area contributed by atoms with E-state index in [1.54, 1.807) is 28.4 Å². The molecule has 8 nitrogen and oxygen atoms in total.